The molecule has 0 amide bonds. The van der Waals surface area contributed by atoms with Crippen LogP contribution in [0.1, 0.15) is 56.1 Å². The molecule has 1 saturated heterocycles. The maximum Gasteiger partial charge on any atom is 0.243 e. The van der Waals surface area contributed by atoms with Crippen LogP contribution in [0.25, 0.3) is 5.52 Å². The Balaban J connectivity index is 1.18. The lowest BCUT2D eigenvalue weighted by Crippen LogP contribution is -2.24. The molecule has 3 atom stereocenters. The van der Waals surface area contributed by atoms with Gasteiger partial charge in [-0.05, 0) is 49.4 Å². The second-order valence-corrected chi connectivity index (χ2v) is 10.2. The first-order valence-corrected chi connectivity index (χ1v) is 13.3. The molecule has 190 valence electrons. The Morgan fingerprint density at radius 1 is 1.26 bits per heavy atom. The Morgan fingerprint density at radius 2 is 2.11 bits per heavy atom. The second kappa shape index (κ2) is 11.4. The SMILES string of the molecule is OP(O)C(COCc1nn[nH]n1)OCC1CCC(c2ccc3c(NC4CCCC4)nc(Cl)nn23)O1. The Kier molecular flexibility index (Phi) is 8.03. The van der Waals surface area contributed by atoms with E-state index in [1.165, 1.54) is 12.8 Å². The number of aromatic amines is 1. The predicted octanol–water partition coefficient (Wildman–Crippen LogP) is 2.33. The maximum absolute atomic E-state index is 9.71. The minimum atomic E-state index is -2.35. The van der Waals surface area contributed by atoms with Gasteiger partial charge in [-0.2, -0.15) is 10.2 Å². The van der Waals surface area contributed by atoms with E-state index in [-0.39, 0.29) is 37.3 Å². The minimum Gasteiger partial charge on any atom is -0.370 e. The largest absolute Gasteiger partial charge is 0.370 e. The first-order chi connectivity index (χ1) is 17.1. The highest BCUT2D eigenvalue weighted by Gasteiger charge is 2.31. The molecule has 0 spiro atoms. The number of hydrogen-bond donors (Lipinski definition) is 4. The van der Waals surface area contributed by atoms with Crippen molar-refractivity contribution in [3.8, 4) is 0 Å². The smallest absolute Gasteiger partial charge is 0.243 e. The zero-order chi connectivity index (χ0) is 24.2. The van der Waals surface area contributed by atoms with Crippen molar-refractivity contribution in [3.05, 3.63) is 28.9 Å². The van der Waals surface area contributed by atoms with Crippen molar-refractivity contribution in [2.75, 3.05) is 18.5 Å². The van der Waals surface area contributed by atoms with Gasteiger partial charge in [0.1, 0.15) is 24.1 Å². The summed E-state index contributed by atoms with van der Waals surface area (Å²) in [6.45, 7) is 0.282. The van der Waals surface area contributed by atoms with Crippen LogP contribution in [0.3, 0.4) is 0 Å². The third kappa shape index (κ3) is 6.05. The normalized spacial score (nSPS) is 21.9. The quantitative estimate of drug-likeness (QED) is 0.271. The number of H-pyrrole nitrogens is 1. The van der Waals surface area contributed by atoms with Gasteiger partial charge < -0.3 is 29.3 Å². The molecule has 1 saturated carbocycles. The Bertz CT molecular complexity index is 1100. The number of nitrogens with zero attached hydrogens (tertiary/aromatic N) is 6. The highest BCUT2D eigenvalue weighted by atomic mass is 35.5. The lowest BCUT2D eigenvalue weighted by molar-refractivity contribution is -0.0484. The molecule has 1 aliphatic heterocycles. The number of anilines is 1. The van der Waals surface area contributed by atoms with Crippen LogP contribution in [0, 0.1) is 0 Å². The van der Waals surface area contributed by atoms with Gasteiger partial charge in [0.25, 0.3) is 0 Å². The summed E-state index contributed by atoms with van der Waals surface area (Å²) in [4.78, 5) is 23.8. The molecule has 3 aromatic rings. The number of ether oxygens (including phenoxy) is 3. The molecular formula is C20H28ClN8O5P. The highest BCUT2D eigenvalue weighted by Crippen LogP contribution is 2.37. The first-order valence-electron chi connectivity index (χ1n) is 11.6. The van der Waals surface area contributed by atoms with Gasteiger partial charge in [-0.15, -0.1) is 15.3 Å². The summed E-state index contributed by atoms with van der Waals surface area (Å²) in [5, 5.41) is 21.4. The van der Waals surface area contributed by atoms with Crippen LogP contribution >= 0.6 is 20.0 Å². The summed E-state index contributed by atoms with van der Waals surface area (Å²) in [6.07, 6.45) is 5.84. The summed E-state index contributed by atoms with van der Waals surface area (Å²) >= 11 is 6.25. The lowest BCUT2D eigenvalue weighted by atomic mass is 10.1. The lowest BCUT2D eigenvalue weighted by Gasteiger charge is -2.21. The third-order valence-electron chi connectivity index (χ3n) is 6.26. The maximum atomic E-state index is 9.71. The molecule has 0 aromatic carbocycles. The minimum absolute atomic E-state index is 0.0150. The third-order valence-corrected chi connectivity index (χ3v) is 7.23. The van der Waals surface area contributed by atoms with E-state index >= 15 is 0 Å². The van der Waals surface area contributed by atoms with Gasteiger partial charge in [-0.1, -0.05) is 18.1 Å². The molecular weight excluding hydrogens is 499 g/mol. The predicted molar refractivity (Wildman–Crippen MR) is 126 cm³/mol. The summed E-state index contributed by atoms with van der Waals surface area (Å²) in [6, 6.07) is 4.38. The average molecular weight is 527 g/mol. The standard InChI is InChI=1S/C20H28ClN8O5P/c21-20-23-19(22-12-3-1-2-4-12)15-7-6-14(29(15)26-20)16-8-5-13(34-16)9-33-18(35(30)31)11-32-10-17-24-27-28-25-17/h6-7,12-13,16,18,30-31H,1-5,8-11H2,(H,22,23,26)(H,24,25,27,28). The number of halogens is 1. The van der Waals surface area contributed by atoms with E-state index in [2.05, 4.69) is 36.0 Å². The molecule has 35 heavy (non-hydrogen) atoms. The van der Waals surface area contributed by atoms with E-state index in [0.717, 1.165) is 42.7 Å². The van der Waals surface area contributed by atoms with E-state index < -0.39 is 14.2 Å². The van der Waals surface area contributed by atoms with Crippen molar-refractivity contribution in [1.29, 1.82) is 0 Å². The molecule has 3 unspecified atom stereocenters. The van der Waals surface area contributed by atoms with Crippen molar-refractivity contribution in [2.45, 2.75) is 69.2 Å². The van der Waals surface area contributed by atoms with Gasteiger partial charge in [0, 0.05) is 6.04 Å². The molecule has 0 bridgehead atoms. The molecule has 1 aliphatic carbocycles. The van der Waals surface area contributed by atoms with Crippen molar-refractivity contribution in [1.82, 2.24) is 35.2 Å². The number of tetrazole rings is 1. The van der Waals surface area contributed by atoms with Gasteiger partial charge in [-0.3, -0.25) is 0 Å². The number of aromatic nitrogens is 7. The summed E-state index contributed by atoms with van der Waals surface area (Å²) in [5.41, 5.74) is 1.76. The van der Waals surface area contributed by atoms with Crippen LogP contribution in [-0.4, -0.2) is 76.2 Å². The van der Waals surface area contributed by atoms with E-state index in [1.807, 2.05) is 12.1 Å². The molecule has 4 heterocycles. The summed E-state index contributed by atoms with van der Waals surface area (Å²) in [5.74, 6) is 0.240. The van der Waals surface area contributed by atoms with Crippen LogP contribution in [0.2, 0.25) is 5.28 Å². The van der Waals surface area contributed by atoms with Crippen LogP contribution < -0.4 is 5.32 Å². The fraction of sp³-hybridized carbons (Fsp3) is 0.650. The van der Waals surface area contributed by atoms with E-state index in [9.17, 15) is 9.79 Å². The molecule has 13 nitrogen and oxygen atoms in total. The average Bonchev–Trinajstić information content (AvgIpc) is 3.63. The number of fused-ring (bicyclic) bond motifs is 1. The van der Waals surface area contributed by atoms with E-state index in [0.29, 0.717) is 11.9 Å². The molecule has 2 aliphatic rings. The van der Waals surface area contributed by atoms with Crippen molar-refractivity contribution >= 4 is 31.3 Å². The highest BCUT2D eigenvalue weighted by molar-refractivity contribution is 7.45. The molecule has 4 N–H and O–H groups in total. The van der Waals surface area contributed by atoms with Crippen LogP contribution in [0.5, 0.6) is 0 Å². The zero-order valence-corrected chi connectivity index (χ0v) is 20.6. The Hall–Kier alpha value is -1.99. The topological polar surface area (TPSA) is 165 Å². The molecule has 2 fully saturated rings. The van der Waals surface area contributed by atoms with Crippen molar-refractivity contribution in [3.63, 3.8) is 0 Å². The van der Waals surface area contributed by atoms with Gasteiger partial charge in [0.05, 0.1) is 25.0 Å². The Morgan fingerprint density at radius 3 is 2.89 bits per heavy atom. The van der Waals surface area contributed by atoms with Gasteiger partial charge in [-0.25, -0.2) is 4.52 Å². The fourth-order valence-corrected chi connectivity index (χ4v) is 5.16. The van der Waals surface area contributed by atoms with E-state index in [1.54, 1.807) is 4.52 Å². The monoisotopic (exact) mass is 526 g/mol. The first kappa shape index (κ1) is 24.7. The summed E-state index contributed by atoms with van der Waals surface area (Å²) < 4.78 is 19.2. The van der Waals surface area contributed by atoms with E-state index in [4.69, 9.17) is 25.8 Å². The van der Waals surface area contributed by atoms with Gasteiger partial charge >= 0.3 is 0 Å². The van der Waals surface area contributed by atoms with Gasteiger partial charge in [0.2, 0.25) is 5.28 Å². The van der Waals surface area contributed by atoms with Crippen LogP contribution in [0.15, 0.2) is 12.1 Å². The number of rotatable bonds is 11. The van der Waals surface area contributed by atoms with Gasteiger partial charge in [0.15, 0.2) is 20.0 Å². The summed E-state index contributed by atoms with van der Waals surface area (Å²) in [7, 11) is -2.35. The van der Waals surface area contributed by atoms with Crippen LogP contribution in [0.4, 0.5) is 5.82 Å². The fourth-order valence-electron chi connectivity index (χ4n) is 4.54. The molecule has 0 radical (unpaired) electrons. The molecule has 3 aromatic heterocycles. The molecule has 5 rings (SSSR count). The van der Waals surface area contributed by atoms with Crippen molar-refractivity contribution in [2.24, 2.45) is 0 Å². The second-order valence-electron chi connectivity index (χ2n) is 8.69. The zero-order valence-electron chi connectivity index (χ0n) is 19.0. The Labute approximate surface area is 207 Å². The van der Waals surface area contributed by atoms with Crippen LogP contribution in [-0.2, 0) is 20.8 Å². The molecule has 15 heteroatoms. The number of hydrogen-bond acceptors (Lipinski definition) is 11. The van der Waals surface area contributed by atoms with Crippen molar-refractivity contribution < 1.29 is 24.0 Å². The number of nitrogens with one attached hydrogen (secondary N) is 2.